The number of benzene rings is 2. The Morgan fingerprint density at radius 1 is 0.857 bits per heavy atom. The fraction of sp³-hybridized carbons (Fsp3) is 0.467. The molecule has 0 spiro atoms. The number of carbonyl (C=O) groups excluding carboxylic acids is 4. The Morgan fingerprint density at radius 2 is 1.48 bits per heavy atom. The van der Waals surface area contributed by atoms with Crippen LogP contribution in [-0.2, 0) is 59.8 Å². The lowest BCUT2D eigenvalue weighted by atomic mass is 9.86. The highest BCUT2D eigenvalue weighted by molar-refractivity contribution is 6.31. The third-order valence-electron chi connectivity index (χ3n) is 6.42. The van der Waals surface area contributed by atoms with Gasteiger partial charge in [0, 0.05) is 45.4 Å². The van der Waals surface area contributed by atoms with Crippen molar-refractivity contribution in [2.45, 2.75) is 71.2 Å². The number of hydrogen-bond acceptors (Lipinski definition) is 11. The fourth-order valence-electron chi connectivity index (χ4n) is 4.80. The van der Waals surface area contributed by atoms with Gasteiger partial charge in [0.05, 0.1) is 6.61 Å². The first-order chi connectivity index (χ1) is 19.9. The zero-order valence-corrected chi connectivity index (χ0v) is 25.1. The highest BCUT2D eigenvalue weighted by atomic mass is 35.5. The van der Waals surface area contributed by atoms with E-state index in [0.717, 1.165) is 32.1 Å². The maximum absolute atomic E-state index is 12.4. The van der Waals surface area contributed by atoms with Crippen molar-refractivity contribution < 1.29 is 52.3 Å². The summed E-state index contributed by atoms with van der Waals surface area (Å²) in [5.41, 5.74) is 1.97. The van der Waals surface area contributed by atoms with E-state index in [1.54, 1.807) is 18.2 Å². The van der Waals surface area contributed by atoms with Gasteiger partial charge < -0.3 is 33.2 Å². The predicted molar refractivity (Wildman–Crippen MR) is 149 cm³/mol. The molecule has 1 unspecified atom stereocenters. The normalized spacial score (nSPS) is 23.4. The van der Waals surface area contributed by atoms with Gasteiger partial charge in [0.25, 0.3) is 0 Å². The maximum Gasteiger partial charge on any atom is 0.303 e. The van der Waals surface area contributed by atoms with Gasteiger partial charge >= 0.3 is 23.9 Å². The molecular formula is C30H35ClO11. The molecule has 1 fully saturated rings. The minimum absolute atomic E-state index is 0.354. The van der Waals surface area contributed by atoms with Crippen LogP contribution in [0, 0.1) is 0 Å². The first-order valence-corrected chi connectivity index (χ1v) is 13.7. The summed E-state index contributed by atoms with van der Waals surface area (Å²) in [4.78, 5) is 48.4. The van der Waals surface area contributed by atoms with Crippen LogP contribution in [0.15, 0.2) is 42.5 Å². The van der Waals surface area contributed by atoms with E-state index >= 15 is 0 Å². The Hall–Kier alpha value is -3.67. The summed E-state index contributed by atoms with van der Waals surface area (Å²) in [5.74, 6) is -4.03. The number of hydrogen-bond donors (Lipinski definition) is 0. The van der Waals surface area contributed by atoms with Gasteiger partial charge in [-0.1, -0.05) is 29.8 Å². The first-order valence-electron chi connectivity index (χ1n) is 13.3. The second-order valence-corrected chi connectivity index (χ2v) is 9.98. The van der Waals surface area contributed by atoms with E-state index in [4.69, 9.17) is 44.8 Å². The van der Waals surface area contributed by atoms with E-state index < -0.39 is 60.7 Å². The van der Waals surface area contributed by atoms with E-state index in [2.05, 4.69) is 0 Å². The molecule has 12 heteroatoms. The molecule has 0 N–H and O–H groups in total. The number of carbonyl (C=O) groups is 4. The summed E-state index contributed by atoms with van der Waals surface area (Å²) >= 11 is 6.59. The van der Waals surface area contributed by atoms with Crippen LogP contribution < -0.4 is 4.74 Å². The fourth-order valence-corrected chi connectivity index (χ4v) is 4.98. The van der Waals surface area contributed by atoms with Gasteiger partial charge in [0.15, 0.2) is 12.2 Å². The molecule has 2 aromatic rings. The van der Waals surface area contributed by atoms with E-state index in [-0.39, 0.29) is 0 Å². The molecule has 2 aromatic carbocycles. The van der Waals surface area contributed by atoms with Crippen molar-refractivity contribution in [2.24, 2.45) is 0 Å². The quantitative estimate of drug-likeness (QED) is 0.272. The minimum atomic E-state index is -1.91. The van der Waals surface area contributed by atoms with Crippen LogP contribution in [0.2, 0.25) is 5.02 Å². The topological polar surface area (TPSA) is 133 Å². The van der Waals surface area contributed by atoms with Gasteiger partial charge in [0.2, 0.25) is 11.9 Å². The number of esters is 4. The summed E-state index contributed by atoms with van der Waals surface area (Å²) in [7, 11) is 1.32. The molecule has 42 heavy (non-hydrogen) atoms. The second-order valence-electron chi connectivity index (χ2n) is 9.57. The van der Waals surface area contributed by atoms with Crippen LogP contribution in [0.25, 0.3) is 0 Å². The average molecular weight is 607 g/mol. The summed E-state index contributed by atoms with van der Waals surface area (Å²) in [6, 6.07) is 12.5. The van der Waals surface area contributed by atoms with Gasteiger partial charge in [-0.05, 0) is 48.7 Å². The molecule has 228 valence electrons. The third kappa shape index (κ3) is 7.99. The summed E-state index contributed by atoms with van der Waals surface area (Å²) < 4.78 is 39.8. The van der Waals surface area contributed by atoms with Gasteiger partial charge in [0.1, 0.15) is 18.5 Å². The molecule has 0 aliphatic carbocycles. The molecule has 11 nitrogen and oxygen atoms in total. The molecule has 0 aromatic heterocycles. The number of ether oxygens (including phenoxy) is 7. The first kappa shape index (κ1) is 32.8. The molecule has 3 rings (SSSR count). The van der Waals surface area contributed by atoms with Crippen molar-refractivity contribution in [3.63, 3.8) is 0 Å². The SMILES string of the molecule is CCOc1ccc(Cc2cc(C3(OC)O[C@@H](COC(C)=O)[C@H](OC(C)=O)[C@@H](OC(C)=O)[C@@H]3OC(C)=O)ccc2Cl)cc1. The van der Waals surface area contributed by atoms with Crippen LogP contribution in [-0.4, -0.2) is 68.6 Å². The standard InChI is InChI=1S/C30H35ClO11/c1-7-37-24-11-8-21(9-12-24)14-22-15-23(10-13-25(22)31)30(36-6)29(41-20(5)35)28(40-19(4)34)27(39-18(3)33)26(42-30)16-38-17(2)32/h8-13,15,26-29H,7,14,16H2,1-6H3/t26-,27-,28+,29-,30?/m0/s1. The molecular weight excluding hydrogens is 572 g/mol. The van der Waals surface area contributed by atoms with Crippen molar-refractivity contribution in [3.8, 4) is 5.75 Å². The lowest BCUT2D eigenvalue weighted by molar-refractivity contribution is -0.367. The number of rotatable bonds is 11. The Bertz CT molecular complexity index is 1280. The van der Waals surface area contributed by atoms with Crippen LogP contribution in [0.4, 0.5) is 0 Å². The van der Waals surface area contributed by atoms with Crippen LogP contribution in [0.1, 0.15) is 51.3 Å². The zero-order chi connectivity index (χ0) is 31.0. The van der Waals surface area contributed by atoms with Crippen molar-refractivity contribution in [1.29, 1.82) is 0 Å². The maximum atomic E-state index is 12.4. The lowest BCUT2D eigenvalue weighted by Crippen LogP contribution is -2.67. The van der Waals surface area contributed by atoms with E-state index in [9.17, 15) is 19.2 Å². The van der Waals surface area contributed by atoms with Gasteiger partial charge in [-0.2, -0.15) is 0 Å². The zero-order valence-electron chi connectivity index (χ0n) is 24.3. The Balaban J connectivity index is 2.15. The molecule has 1 saturated heterocycles. The summed E-state index contributed by atoms with van der Waals surface area (Å²) in [6.07, 6.45) is -4.97. The molecule has 1 aliphatic heterocycles. The second kappa shape index (κ2) is 14.5. The highest BCUT2D eigenvalue weighted by Crippen LogP contribution is 2.44. The predicted octanol–water partition coefficient (Wildman–Crippen LogP) is 3.89. The Morgan fingerprint density at radius 3 is 2.02 bits per heavy atom. The molecule has 5 atom stereocenters. The highest BCUT2D eigenvalue weighted by Gasteiger charge is 2.61. The minimum Gasteiger partial charge on any atom is -0.494 e. The largest absolute Gasteiger partial charge is 0.494 e. The van der Waals surface area contributed by atoms with Crippen LogP contribution in [0.3, 0.4) is 0 Å². The summed E-state index contributed by atoms with van der Waals surface area (Å²) in [5, 5.41) is 0.449. The monoisotopic (exact) mass is 606 g/mol. The van der Waals surface area contributed by atoms with Crippen LogP contribution >= 0.6 is 11.6 Å². The number of methoxy groups -OCH3 is 1. The third-order valence-corrected chi connectivity index (χ3v) is 6.79. The molecule has 0 radical (unpaired) electrons. The van der Waals surface area contributed by atoms with E-state index in [0.29, 0.717) is 29.2 Å². The Labute approximate surface area is 249 Å². The average Bonchev–Trinajstić information content (AvgIpc) is 2.92. The summed E-state index contributed by atoms with van der Waals surface area (Å²) in [6.45, 7) is 6.72. The molecule has 1 heterocycles. The van der Waals surface area contributed by atoms with Crippen molar-refractivity contribution in [2.75, 3.05) is 20.3 Å². The van der Waals surface area contributed by atoms with Crippen LogP contribution in [0.5, 0.6) is 5.75 Å². The van der Waals surface area contributed by atoms with Crippen molar-refractivity contribution >= 4 is 35.5 Å². The lowest BCUT2D eigenvalue weighted by Gasteiger charge is -2.50. The van der Waals surface area contributed by atoms with E-state index in [1.807, 2.05) is 31.2 Å². The van der Waals surface area contributed by atoms with Crippen molar-refractivity contribution in [1.82, 2.24) is 0 Å². The number of halogens is 1. The molecule has 0 saturated carbocycles. The molecule has 0 bridgehead atoms. The van der Waals surface area contributed by atoms with Crippen molar-refractivity contribution in [3.05, 3.63) is 64.2 Å². The molecule has 0 amide bonds. The van der Waals surface area contributed by atoms with Gasteiger partial charge in [-0.25, -0.2) is 0 Å². The van der Waals surface area contributed by atoms with Gasteiger partial charge in [-0.3, -0.25) is 19.2 Å². The van der Waals surface area contributed by atoms with Gasteiger partial charge in [-0.15, -0.1) is 0 Å². The Kier molecular flexibility index (Phi) is 11.3. The molecule has 1 aliphatic rings. The smallest absolute Gasteiger partial charge is 0.303 e. The van der Waals surface area contributed by atoms with E-state index in [1.165, 1.54) is 14.0 Å².